The van der Waals surface area contributed by atoms with Crippen LogP contribution in [0.3, 0.4) is 0 Å². The van der Waals surface area contributed by atoms with Gasteiger partial charge < -0.3 is 88.9 Å². The van der Waals surface area contributed by atoms with Gasteiger partial charge >= 0.3 is 0 Å². The molecule has 11 aromatic rings. The Balaban J connectivity index is 0.000000155. The average molecular weight is 1870 g/mol. The maximum atomic E-state index is 13.9. The number of hydrogen-bond donors (Lipinski definition) is 6. The van der Waals surface area contributed by atoms with Crippen LogP contribution in [0.2, 0.25) is 0 Å². The van der Waals surface area contributed by atoms with Crippen LogP contribution in [0.4, 0.5) is 13.2 Å². The fourth-order valence-electron chi connectivity index (χ4n) is 17.3. The number of imidazole rings is 2. The number of aromatic nitrogens is 7. The molecule has 32 heteroatoms. The Kier molecular flexibility index (Phi) is 29.9. The van der Waals surface area contributed by atoms with E-state index in [4.69, 9.17) is 87.6 Å². The van der Waals surface area contributed by atoms with Crippen molar-refractivity contribution in [1.82, 2.24) is 40.2 Å². The Hall–Kier alpha value is -13.5. The fourth-order valence-corrected chi connectivity index (χ4v) is 17.3. The molecule has 3 aliphatic heterocycles. The normalized spacial score (nSPS) is 19.6. The number of carbonyl (C=O) groups is 7. The minimum atomic E-state index is -1.34. The minimum absolute atomic E-state index is 0. The lowest BCUT2D eigenvalue weighted by Gasteiger charge is -2.30. The van der Waals surface area contributed by atoms with Crippen molar-refractivity contribution in [2.24, 2.45) is 23.5 Å². The number of carboxylic acids is 1. The molecule has 8 heterocycles. The Bertz CT molecular complexity index is 5890. The number of aldehydes is 2. The first-order valence-corrected chi connectivity index (χ1v) is 45.2. The van der Waals surface area contributed by atoms with Crippen molar-refractivity contribution < 1.29 is 110 Å². The largest absolute Gasteiger partial charge is 0.493 e. The Morgan fingerprint density at radius 2 is 0.728 bits per heavy atom. The number of pyridine rings is 3. The van der Waals surface area contributed by atoms with Gasteiger partial charge in [-0.2, -0.15) is 0 Å². The summed E-state index contributed by atoms with van der Waals surface area (Å²) < 4.78 is 98.0. The molecule has 9 N–H and O–H groups in total. The van der Waals surface area contributed by atoms with E-state index in [1.807, 2.05) is 53.4 Å². The zero-order chi connectivity index (χ0) is 95.9. The van der Waals surface area contributed by atoms with Crippen LogP contribution in [0.15, 0.2) is 183 Å². The number of fused-ring (bicyclic) bond motifs is 3. The highest BCUT2D eigenvalue weighted by Crippen LogP contribution is 2.57. The summed E-state index contributed by atoms with van der Waals surface area (Å²) in [5.41, 5.74) is 9.65. The van der Waals surface area contributed by atoms with E-state index in [1.165, 1.54) is 36.4 Å². The number of carbonyl (C=O) groups excluding carboxylic acids is 6. The van der Waals surface area contributed by atoms with Crippen LogP contribution in [0.25, 0.3) is 33.8 Å². The van der Waals surface area contributed by atoms with Gasteiger partial charge in [-0.1, -0.05) is 0 Å². The van der Waals surface area contributed by atoms with E-state index in [0.717, 1.165) is 101 Å². The first-order valence-electron chi connectivity index (χ1n) is 45.2. The second-order valence-corrected chi connectivity index (χ2v) is 36.2. The molecule has 0 unspecified atom stereocenters. The molecule has 0 saturated heterocycles. The summed E-state index contributed by atoms with van der Waals surface area (Å²) in [5, 5.41) is 44.2. The van der Waals surface area contributed by atoms with Crippen LogP contribution in [-0.4, -0.2) is 157 Å². The Morgan fingerprint density at radius 1 is 0.449 bits per heavy atom. The van der Waals surface area contributed by atoms with Crippen molar-refractivity contribution in [2.75, 3.05) is 41.2 Å². The molecule has 6 aliphatic carbocycles. The van der Waals surface area contributed by atoms with E-state index in [2.05, 4.69) is 23.8 Å². The molecule has 20 rings (SSSR count). The van der Waals surface area contributed by atoms with Gasteiger partial charge in [0.05, 0.1) is 74.9 Å². The highest BCUT2D eigenvalue weighted by Gasteiger charge is 2.53. The van der Waals surface area contributed by atoms with Crippen molar-refractivity contribution in [1.29, 1.82) is 0 Å². The van der Waals surface area contributed by atoms with Gasteiger partial charge in [-0.15, -0.1) is 0 Å². The number of rotatable bonds is 33. The molecule has 0 amide bonds. The smallest absolute Gasteiger partial charge is 0.300 e. The third-order valence-corrected chi connectivity index (χ3v) is 26.0. The van der Waals surface area contributed by atoms with Crippen LogP contribution < -0.4 is 54.5 Å². The van der Waals surface area contributed by atoms with Crippen LogP contribution in [-0.2, 0) is 52.6 Å². The molecule has 0 radical (unpaired) electrons. The van der Waals surface area contributed by atoms with Gasteiger partial charge in [0.25, 0.3) is 5.97 Å². The average Bonchev–Trinajstić information content (AvgIpc) is 1.58. The number of aliphatic hydroxyl groups is 3. The summed E-state index contributed by atoms with van der Waals surface area (Å²) in [4.78, 5) is 98.1. The van der Waals surface area contributed by atoms with Gasteiger partial charge in [-0.3, -0.25) is 28.8 Å². The van der Waals surface area contributed by atoms with Gasteiger partial charge in [0.15, 0.2) is 81.7 Å². The zero-order valence-electron chi connectivity index (χ0n) is 76.9. The Morgan fingerprint density at radius 3 is 0.985 bits per heavy atom. The van der Waals surface area contributed by atoms with Gasteiger partial charge in [0.1, 0.15) is 89.0 Å². The van der Waals surface area contributed by atoms with Gasteiger partial charge in [-0.25, -0.2) is 38.1 Å². The van der Waals surface area contributed by atoms with E-state index < -0.39 is 39.4 Å². The van der Waals surface area contributed by atoms with Crippen LogP contribution in [0.5, 0.6) is 51.7 Å². The topological polar surface area (TPSA) is 419 Å². The second kappa shape index (κ2) is 41.4. The van der Waals surface area contributed by atoms with E-state index in [-0.39, 0.29) is 135 Å². The number of aliphatic carboxylic acids is 1. The monoisotopic (exact) mass is 1860 g/mol. The maximum Gasteiger partial charge on any atom is 0.300 e. The van der Waals surface area contributed by atoms with E-state index in [1.54, 1.807) is 137 Å². The molecule has 9 aliphatic rings. The van der Waals surface area contributed by atoms with Crippen LogP contribution in [0.1, 0.15) is 208 Å². The lowest BCUT2D eigenvalue weighted by Crippen LogP contribution is -2.35. The third-order valence-electron chi connectivity index (χ3n) is 26.0. The molecule has 6 saturated carbocycles. The highest BCUT2D eigenvalue weighted by molar-refractivity contribution is 6.09. The predicted octanol–water partition coefficient (Wildman–Crippen LogP) is 16.8. The molecule has 136 heavy (non-hydrogen) atoms. The molecule has 714 valence electrons. The summed E-state index contributed by atoms with van der Waals surface area (Å²) in [6, 6.07) is 39.6. The summed E-state index contributed by atoms with van der Waals surface area (Å²) >= 11 is 0. The number of ether oxygens (including phenoxy) is 9. The lowest BCUT2D eigenvalue weighted by atomic mass is 9.83. The number of Topliss-reactive ketones (excluding diaryl/α,β-unsaturated/α-hetero) is 3. The molecular formula is C104H112F3N9O20. The second-order valence-electron chi connectivity index (χ2n) is 36.2. The number of halogens is 3. The van der Waals surface area contributed by atoms with Crippen molar-refractivity contribution in [3.63, 3.8) is 0 Å². The summed E-state index contributed by atoms with van der Waals surface area (Å²) in [7, 11) is 4.69. The van der Waals surface area contributed by atoms with Crippen LogP contribution >= 0.6 is 0 Å². The number of hydrogen-bond acceptors (Lipinski definition) is 26. The van der Waals surface area contributed by atoms with E-state index >= 15 is 0 Å². The fraction of sp³-hybridized carbons (Fsp3) is 0.385. The van der Waals surface area contributed by atoms with Crippen molar-refractivity contribution in [2.45, 2.75) is 195 Å². The molecule has 6 atom stereocenters. The van der Waals surface area contributed by atoms with Crippen molar-refractivity contribution in [3.8, 4) is 85.5 Å². The summed E-state index contributed by atoms with van der Waals surface area (Å²) in [6.07, 6.45) is 23.9. The van der Waals surface area contributed by atoms with Gasteiger partial charge in [0.2, 0.25) is 0 Å². The zero-order valence-corrected chi connectivity index (χ0v) is 76.9. The lowest BCUT2D eigenvalue weighted by molar-refractivity contribution is -0.134. The van der Waals surface area contributed by atoms with Crippen LogP contribution in [0, 0.1) is 35.2 Å². The van der Waals surface area contributed by atoms with E-state index in [9.17, 15) is 42.9 Å². The number of methoxy groups -OCH3 is 3. The molecule has 0 spiro atoms. The Labute approximate surface area is 784 Å². The first kappa shape index (κ1) is 98.5. The maximum absolute atomic E-state index is 13.9. The van der Waals surface area contributed by atoms with Gasteiger partial charge in [0, 0.05) is 101 Å². The number of ketones is 3. The van der Waals surface area contributed by atoms with Gasteiger partial charge in [-0.05, 0) is 280 Å². The number of benzene rings is 6. The number of nitrogens with two attached hydrogens (primary N) is 1. The molecule has 6 aromatic carbocycles. The third kappa shape index (κ3) is 21.9. The number of nitrogens with zero attached hydrogens (tertiary/aromatic N) is 7. The van der Waals surface area contributed by atoms with Crippen molar-refractivity contribution in [3.05, 3.63) is 251 Å². The summed E-state index contributed by atoms with van der Waals surface area (Å²) in [6.45, 7) is 10.0. The molecule has 29 nitrogen and oxygen atoms in total. The predicted molar refractivity (Wildman–Crippen MR) is 495 cm³/mol. The van der Waals surface area contributed by atoms with Crippen molar-refractivity contribution >= 4 is 42.7 Å². The van der Waals surface area contributed by atoms with E-state index in [0.29, 0.717) is 133 Å². The quantitative estimate of drug-likeness (QED) is 0.0126. The SMILES string of the molecule is C=O.CC(=O)O.COc1cc(C(=O)CC[C@](O)(c2cc3c(c(-c4ccc(F)cc4)n2)OC[C@]3(C)N)C2CC2)ccc1OC1CC1.COc1cc(C(=O)CC[C@](O)(c2cc3c(c(-c4ccc(F)cc4)n2)OC[C@]3(C)n2ccnc2)C2CC2)ccc1OC1CC1.COc1cc(C(=O)CC[C@](O)(c2cc3c(c(-c4ccc(F)cc4)n2)OC[C@]3(C)n2ccnc2)C2CC2)ccc1OC1CC1.N.O=CC=O. The minimum Gasteiger partial charge on any atom is -0.493 e. The molecular weight excluding hydrogens is 1750 g/mol. The highest BCUT2D eigenvalue weighted by atomic mass is 19.1. The first-order chi connectivity index (χ1) is 64.9. The summed E-state index contributed by atoms with van der Waals surface area (Å²) in [5.74, 6) is 2.96. The number of carboxylic acid groups (broad SMARTS) is 1. The molecule has 6 fully saturated rings. The standard InChI is InChI=1S/2C34H34FN3O5.C31H33FN2O5.C2H4O2.C2H2O2.CH2O.H3N/c2*1-33(38-16-15-36-20-38)19-42-32-26(33)18-30(37-31(32)21-3-8-24(35)9-4-21)34(40,23-6-7-23)14-13-27(39)22-5-12-28(29(17-22)41-2)43-25-10-11-25;1-30(33)17-38-29-23(30)16-27(34-28(29)18-3-8-21(32)9-4-18)31(36,20-6-7-20)14-13-24(35)19-5-12-25(26(15-19)37-2)39-22-10-11-22;1-2(3)4;3-1-2-4;1-2;/h2*3-5,8-9,12,15-18,20,23,25,40H,6-7,10-11,13-14,19H2,1-2H3;3-5,8-9,12,15-16,20,22,36H,6-7,10-11,13-14,17,33H2,1-2H3;1H3,(H,3,4);1-2H;1H2;1H3/t2*33-,34+;30-,31+;;;;/m000..../s1. The molecule has 5 aromatic heterocycles. The molecule has 0 bridgehead atoms.